The predicted octanol–water partition coefficient (Wildman–Crippen LogP) is 5.49. The molecule has 1 amide bonds. The second kappa shape index (κ2) is 10.8. The number of aryl methyl sites for hydroxylation is 1. The Morgan fingerprint density at radius 3 is 2.66 bits per heavy atom. The number of fused-ring (bicyclic) bond motifs is 2. The number of ether oxygens (including phenoxy) is 1. The van der Waals surface area contributed by atoms with E-state index in [0.29, 0.717) is 52.3 Å². The van der Waals surface area contributed by atoms with Gasteiger partial charge < -0.3 is 15.4 Å². The van der Waals surface area contributed by atoms with Crippen LogP contribution in [-0.4, -0.2) is 33.3 Å². The summed E-state index contributed by atoms with van der Waals surface area (Å²) in [4.78, 5) is 25.8. The normalized spacial score (nSPS) is 11.0. The fraction of sp³-hybridized carbons (Fsp3) is 0.192. The molecule has 0 bridgehead atoms. The Bertz CT molecular complexity index is 1480. The van der Waals surface area contributed by atoms with Crippen molar-refractivity contribution in [1.82, 2.24) is 15.0 Å². The summed E-state index contributed by atoms with van der Waals surface area (Å²) in [5.74, 6) is 0.370. The maximum absolute atomic E-state index is 12.4. The number of allylic oxidation sites excluding steroid dienone is 1. The maximum atomic E-state index is 12.4. The van der Waals surface area contributed by atoms with E-state index in [1.165, 1.54) is 6.08 Å². The molecule has 0 fully saturated rings. The highest BCUT2D eigenvalue weighted by molar-refractivity contribution is 6.19. The summed E-state index contributed by atoms with van der Waals surface area (Å²) in [5.41, 5.74) is 5.02. The van der Waals surface area contributed by atoms with Crippen LogP contribution in [0.15, 0.2) is 54.9 Å². The molecule has 4 aromatic rings. The van der Waals surface area contributed by atoms with Crippen molar-refractivity contribution in [3.05, 3.63) is 66.1 Å². The molecule has 2 N–H and O–H groups in total. The zero-order chi connectivity index (χ0) is 24.8. The lowest BCUT2D eigenvalue weighted by molar-refractivity contribution is -0.111. The number of benzene rings is 2. The molecule has 2 aromatic heterocycles. The first-order valence-corrected chi connectivity index (χ1v) is 11.7. The highest BCUT2D eigenvalue weighted by Gasteiger charge is 2.18. The number of pyridine rings is 1. The molecule has 0 spiro atoms. The lowest BCUT2D eigenvalue weighted by Gasteiger charge is -2.17. The molecule has 4 rings (SSSR count). The van der Waals surface area contributed by atoms with Gasteiger partial charge in [-0.2, -0.15) is 5.26 Å². The standard InChI is InChI=1S/C26H23ClN6O2/c1-3-19-18(15-28)26(31-16-7-8-20-22(12-16)30-11-10-29-20)17-13-23(33-25(34)6-5-9-27)24(35-4-2)14-21(17)32-19/h5-8,10-14H,3-4,9H2,1-2H3,(H,31,32)(H,33,34)/b6-5+. The zero-order valence-corrected chi connectivity index (χ0v) is 20.1. The van der Waals surface area contributed by atoms with E-state index in [0.717, 1.165) is 16.7 Å². The third-order valence-electron chi connectivity index (χ3n) is 5.26. The molecular formula is C26H23ClN6O2. The maximum Gasteiger partial charge on any atom is 0.248 e. The average Bonchev–Trinajstić information content (AvgIpc) is 2.87. The van der Waals surface area contributed by atoms with Crippen molar-refractivity contribution in [3.8, 4) is 11.8 Å². The molecule has 0 unspecified atom stereocenters. The van der Waals surface area contributed by atoms with Crippen LogP contribution in [0.3, 0.4) is 0 Å². The van der Waals surface area contributed by atoms with Crippen LogP contribution in [0.2, 0.25) is 0 Å². The number of nitriles is 1. The first kappa shape index (κ1) is 23.9. The zero-order valence-electron chi connectivity index (χ0n) is 19.3. The Morgan fingerprint density at radius 2 is 1.94 bits per heavy atom. The molecule has 8 nitrogen and oxygen atoms in total. The molecule has 0 saturated heterocycles. The third kappa shape index (κ3) is 5.15. The summed E-state index contributed by atoms with van der Waals surface area (Å²) in [6.07, 6.45) is 6.76. The van der Waals surface area contributed by atoms with Gasteiger partial charge in [0, 0.05) is 41.5 Å². The minimum atomic E-state index is -0.341. The largest absolute Gasteiger partial charge is 0.492 e. The number of hydrogen-bond donors (Lipinski definition) is 2. The number of nitrogens with zero attached hydrogens (tertiary/aromatic N) is 4. The SMILES string of the molecule is CCOc1cc2nc(CC)c(C#N)c(Nc3ccc4nccnc4c3)c2cc1NC(=O)/C=C/CCl. The van der Waals surface area contributed by atoms with Crippen molar-refractivity contribution in [2.75, 3.05) is 23.1 Å². The van der Waals surface area contributed by atoms with Crippen molar-refractivity contribution in [3.63, 3.8) is 0 Å². The van der Waals surface area contributed by atoms with Crippen molar-refractivity contribution in [1.29, 1.82) is 5.26 Å². The molecule has 0 saturated carbocycles. The number of alkyl halides is 1. The number of carbonyl (C=O) groups is 1. The van der Waals surface area contributed by atoms with Crippen molar-refractivity contribution in [2.24, 2.45) is 0 Å². The quantitative estimate of drug-likeness (QED) is 0.250. The van der Waals surface area contributed by atoms with Crippen LogP contribution in [0.1, 0.15) is 25.1 Å². The highest BCUT2D eigenvalue weighted by atomic mass is 35.5. The van der Waals surface area contributed by atoms with E-state index >= 15 is 0 Å². The van der Waals surface area contributed by atoms with Crippen LogP contribution in [0.5, 0.6) is 5.75 Å². The number of amides is 1. The summed E-state index contributed by atoms with van der Waals surface area (Å²) in [5, 5.41) is 16.9. The van der Waals surface area contributed by atoms with E-state index in [9.17, 15) is 10.1 Å². The predicted molar refractivity (Wildman–Crippen MR) is 138 cm³/mol. The molecule has 0 atom stereocenters. The summed E-state index contributed by atoms with van der Waals surface area (Å²) in [6.45, 7) is 4.22. The molecule has 2 heterocycles. The number of rotatable bonds is 8. The van der Waals surface area contributed by atoms with Crippen LogP contribution in [0, 0.1) is 11.3 Å². The molecule has 0 aliphatic rings. The van der Waals surface area contributed by atoms with Crippen LogP contribution >= 0.6 is 11.6 Å². The van der Waals surface area contributed by atoms with E-state index < -0.39 is 0 Å². The molecule has 9 heteroatoms. The van der Waals surface area contributed by atoms with E-state index in [4.69, 9.17) is 21.3 Å². The van der Waals surface area contributed by atoms with Crippen LogP contribution in [0.25, 0.3) is 21.9 Å². The second-order valence-electron chi connectivity index (χ2n) is 7.50. The minimum absolute atomic E-state index is 0.225. The number of nitrogens with one attached hydrogen (secondary N) is 2. The average molecular weight is 487 g/mol. The Hall–Kier alpha value is -4.22. The van der Waals surface area contributed by atoms with Gasteiger partial charge in [0.1, 0.15) is 11.8 Å². The molecule has 2 aromatic carbocycles. The Balaban J connectivity index is 1.90. The van der Waals surface area contributed by atoms with Crippen LogP contribution in [-0.2, 0) is 11.2 Å². The van der Waals surface area contributed by atoms with E-state index in [-0.39, 0.29) is 11.8 Å². The number of hydrogen-bond acceptors (Lipinski definition) is 7. The number of halogens is 1. The summed E-state index contributed by atoms with van der Waals surface area (Å²) >= 11 is 5.66. The highest BCUT2D eigenvalue weighted by Crippen LogP contribution is 2.37. The minimum Gasteiger partial charge on any atom is -0.492 e. The van der Waals surface area contributed by atoms with Gasteiger partial charge in [-0.1, -0.05) is 13.0 Å². The number of aromatic nitrogens is 3. The molecule has 176 valence electrons. The van der Waals surface area contributed by atoms with E-state index in [1.54, 1.807) is 30.6 Å². The van der Waals surface area contributed by atoms with Gasteiger partial charge in [0.15, 0.2) is 0 Å². The third-order valence-corrected chi connectivity index (χ3v) is 5.44. The lowest BCUT2D eigenvalue weighted by Crippen LogP contribution is -2.10. The van der Waals surface area contributed by atoms with Gasteiger partial charge >= 0.3 is 0 Å². The Morgan fingerprint density at radius 1 is 1.14 bits per heavy atom. The van der Waals surface area contributed by atoms with Gasteiger partial charge in [0.05, 0.1) is 45.8 Å². The fourth-order valence-electron chi connectivity index (χ4n) is 3.73. The monoisotopic (exact) mass is 486 g/mol. The first-order chi connectivity index (χ1) is 17.1. The van der Waals surface area contributed by atoms with Gasteiger partial charge in [0.25, 0.3) is 0 Å². The molecule has 0 aliphatic carbocycles. The topological polar surface area (TPSA) is 113 Å². The van der Waals surface area contributed by atoms with Crippen molar-refractivity contribution >= 4 is 56.5 Å². The summed E-state index contributed by atoms with van der Waals surface area (Å²) in [6, 6.07) is 11.5. The molecule has 35 heavy (non-hydrogen) atoms. The smallest absolute Gasteiger partial charge is 0.248 e. The molecular weight excluding hydrogens is 464 g/mol. The van der Waals surface area contributed by atoms with Crippen molar-refractivity contribution < 1.29 is 9.53 Å². The van der Waals surface area contributed by atoms with Crippen molar-refractivity contribution in [2.45, 2.75) is 20.3 Å². The van der Waals surface area contributed by atoms with Crippen LogP contribution in [0.4, 0.5) is 17.1 Å². The number of anilines is 3. The summed E-state index contributed by atoms with van der Waals surface area (Å²) < 4.78 is 5.78. The fourth-order valence-corrected chi connectivity index (χ4v) is 3.82. The van der Waals surface area contributed by atoms with E-state index in [2.05, 4.69) is 26.7 Å². The van der Waals surface area contributed by atoms with Gasteiger partial charge in [0.2, 0.25) is 5.91 Å². The second-order valence-corrected chi connectivity index (χ2v) is 7.81. The van der Waals surface area contributed by atoms with Crippen LogP contribution < -0.4 is 15.4 Å². The Labute approximate surface area is 207 Å². The van der Waals surface area contributed by atoms with Gasteiger partial charge in [-0.25, -0.2) is 0 Å². The number of carbonyl (C=O) groups excluding carboxylic acids is 1. The van der Waals surface area contributed by atoms with Gasteiger partial charge in [-0.15, -0.1) is 11.6 Å². The summed E-state index contributed by atoms with van der Waals surface area (Å²) in [7, 11) is 0. The first-order valence-electron chi connectivity index (χ1n) is 11.1. The van der Waals surface area contributed by atoms with Gasteiger partial charge in [-0.05, 0) is 37.6 Å². The molecule has 0 aliphatic heterocycles. The Kier molecular flexibility index (Phi) is 7.38. The van der Waals surface area contributed by atoms with E-state index in [1.807, 2.05) is 32.0 Å². The molecule has 0 radical (unpaired) electrons. The lowest BCUT2D eigenvalue weighted by atomic mass is 10.0. The van der Waals surface area contributed by atoms with Gasteiger partial charge in [-0.3, -0.25) is 19.7 Å².